The quantitative estimate of drug-likeness (QED) is 0.122. The summed E-state index contributed by atoms with van der Waals surface area (Å²) in [5, 5.41) is 14.7. The minimum Gasteiger partial charge on any atom is -0.310 e. The van der Waals surface area contributed by atoms with Crippen molar-refractivity contribution in [1.82, 2.24) is 18.3 Å². The van der Waals surface area contributed by atoms with Crippen LogP contribution in [0.4, 0.5) is 62.6 Å². The van der Waals surface area contributed by atoms with Crippen LogP contribution in [0.1, 0.15) is 17.5 Å². The van der Waals surface area contributed by atoms with Crippen LogP contribution in [0.15, 0.2) is 461 Å². The highest BCUT2D eigenvalue weighted by Crippen LogP contribution is 2.57. The van der Waals surface area contributed by atoms with Crippen molar-refractivity contribution in [2.45, 2.75) is 12.8 Å². The molecule has 3 aliphatic rings. The van der Waals surface area contributed by atoms with Crippen LogP contribution in [0.2, 0.25) is 0 Å². The third-order valence-corrected chi connectivity index (χ3v) is 26.8. The number of para-hydroxylation sites is 11. The van der Waals surface area contributed by atoms with Crippen LogP contribution in [-0.2, 0) is 6.42 Å². The lowest BCUT2D eigenvalue weighted by Crippen LogP contribution is -2.25. The lowest BCUT2D eigenvalue weighted by molar-refractivity contribution is 0.960. The minimum absolute atomic E-state index is 0.939. The Balaban J connectivity index is 0.000000136. The number of hydrogen-bond donors (Lipinski definition) is 0. The van der Waals surface area contributed by atoms with Crippen molar-refractivity contribution in [3.63, 3.8) is 0 Å². The van der Waals surface area contributed by atoms with Crippen LogP contribution in [0.25, 0.3) is 159 Å². The van der Waals surface area contributed by atoms with Gasteiger partial charge in [0, 0.05) is 127 Å². The Morgan fingerprint density at radius 1 is 0.203 bits per heavy atom. The van der Waals surface area contributed by atoms with Gasteiger partial charge in [0.1, 0.15) is 0 Å². The normalized spacial score (nSPS) is 12.6. The lowest BCUT2D eigenvalue weighted by Gasteiger charge is -2.40. The molecular weight excluding hydrogens is 1550 g/mol. The summed E-state index contributed by atoms with van der Waals surface area (Å²) in [5.74, 6) is 0. The number of anilines is 11. The highest BCUT2D eigenvalue weighted by Gasteiger charge is 2.36. The fourth-order valence-electron chi connectivity index (χ4n) is 21.4. The first-order valence-corrected chi connectivity index (χ1v) is 44.3. The minimum atomic E-state index is 0.939. The van der Waals surface area contributed by atoms with E-state index in [0.717, 1.165) is 69.7 Å². The summed E-state index contributed by atoms with van der Waals surface area (Å²) < 4.78 is 9.62. The van der Waals surface area contributed by atoms with Crippen molar-refractivity contribution < 1.29 is 0 Å². The highest BCUT2D eigenvalue weighted by molar-refractivity contribution is 6.21. The third kappa shape index (κ3) is 11.3. The molecule has 0 bridgehead atoms. The van der Waals surface area contributed by atoms with Gasteiger partial charge in [-0.3, -0.25) is 0 Å². The van der Waals surface area contributed by atoms with Crippen LogP contribution < -0.4 is 19.6 Å². The maximum atomic E-state index is 2.54. The summed E-state index contributed by atoms with van der Waals surface area (Å²) in [6, 6.07) is 167. The number of rotatable bonds is 12. The average molecular weight is 1630 g/mol. The maximum absolute atomic E-state index is 2.54. The van der Waals surface area contributed by atoms with Crippen molar-refractivity contribution in [2.24, 2.45) is 0 Å². The Hall–Kier alpha value is -16.9. The summed E-state index contributed by atoms with van der Waals surface area (Å²) in [6.07, 6.45) is 4.34. The van der Waals surface area contributed by atoms with Crippen LogP contribution in [-0.4, -0.2) is 18.3 Å². The van der Waals surface area contributed by atoms with E-state index in [1.807, 2.05) is 0 Å². The molecule has 0 saturated carbocycles. The van der Waals surface area contributed by atoms with Gasteiger partial charge in [-0.25, -0.2) is 0 Å². The molecule has 0 spiro atoms. The fourth-order valence-corrected chi connectivity index (χ4v) is 21.4. The molecule has 0 radical (unpaired) electrons. The SMILES string of the molecule is C1=C2c3c(ccc(N(c4ccc5c(c4)c4ccccc4n5-c4ccccc4)c4ccc5c(c4)c4ccccc4n5-c4ccccc4)c3CC1)-c1ccccc1N2c1ccccc1.c1ccc(N2c3ccccc3-c3ccc(N(c4ccc5c(c4)c4ccccc4n5-c4ccccc4)c4ccc5c(c4)c4ccccc4n5-c4ccc5ccccc5c4)c4cccc2c34)cc1. The second-order valence-electron chi connectivity index (χ2n) is 33.7. The first kappa shape index (κ1) is 72.7. The summed E-state index contributed by atoms with van der Waals surface area (Å²) in [5.41, 5.74) is 35.7. The van der Waals surface area contributed by atoms with E-state index in [-0.39, 0.29) is 0 Å². The van der Waals surface area contributed by atoms with Gasteiger partial charge in [0.25, 0.3) is 0 Å². The molecule has 0 unspecified atom stereocenters. The molecule has 24 aromatic rings. The van der Waals surface area contributed by atoms with Crippen molar-refractivity contribution in [1.29, 1.82) is 0 Å². The Labute approximate surface area is 739 Å². The Morgan fingerprint density at radius 2 is 0.555 bits per heavy atom. The fraction of sp³-hybridized carbons (Fsp3) is 0.0167. The van der Waals surface area contributed by atoms with Gasteiger partial charge < -0.3 is 37.9 Å². The first-order valence-electron chi connectivity index (χ1n) is 44.3. The van der Waals surface area contributed by atoms with Crippen LogP contribution in [0, 0.1) is 0 Å². The number of benzene rings is 20. The number of aromatic nitrogens is 4. The molecule has 2 aliphatic heterocycles. The summed E-state index contributed by atoms with van der Waals surface area (Å²) in [6.45, 7) is 0. The average Bonchev–Trinajstić information content (AvgIpc) is 0.899. The van der Waals surface area contributed by atoms with E-state index >= 15 is 0 Å². The Kier molecular flexibility index (Phi) is 16.7. The van der Waals surface area contributed by atoms with E-state index < -0.39 is 0 Å². The number of allylic oxidation sites excluding steroid dienone is 1. The molecule has 0 saturated heterocycles. The third-order valence-electron chi connectivity index (χ3n) is 26.8. The van der Waals surface area contributed by atoms with Gasteiger partial charge >= 0.3 is 0 Å². The van der Waals surface area contributed by atoms with E-state index in [1.165, 1.54) is 176 Å². The molecule has 600 valence electrons. The second kappa shape index (κ2) is 29.4. The Bertz CT molecular complexity index is 8500. The van der Waals surface area contributed by atoms with Crippen molar-refractivity contribution in [3.8, 4) is 45.0 Å². The molecule has 0 N–H and O–H groups in total. The smallest absolute Gasteiger partial charge is 0.0547 e. The maximum Gasteiger partial charge on any atom is 0.0547 e. The van der Waals surface area contributed by atoms with E-state index in [4.69, 9.17) is 0 Å². The van der Waals surface area contributed by atoms with Crippen molar-refractivity contribution in [2.75, 3.05) is 19.6 Å². The van der Waals surface area contributed by atoms with Gasteiger partial charge in [0.2, 0.25) is 0 Å². The largest absolute Gasteiger partial charge is 0.310 e. The van der Waals surface area contributed by atoms with Gasteiger partial charge in [-0.15, -0.1) is 0 Å². The number of nitrogens with zero attached hydrogens (tertiary/aromatic N) is 8. The first-order chi connectivity index (χ1) is 63.6. The van der Waals surface area contributed by atoms with Gasteiger partial charge in [-0.05, 0) is 240 Å². The van der Waals surface area contributed by atoms with E-state index in [9.17, 15) is 0 Å². The lowest BCUT2D eigenvalue weighted by atomic mass is 9.82. The summed E-state index contributed by atoms with van der Waals surface area (Å²) in [4.78, 5) is 9.93. The van der Waals surface area contributed by atoms with Crippen LogP contribution >= 0.6 is 0 Å². The molecule has 1 aliphatic carbocycles. The summed E-state index contributed by atoms with van der Waals surface area (Å²) >= 11 is 0. The predicted molar refractivity (Wildman–Crippen MR) is 539 cm³/mol. The van der Waals surface area contributed by atoms with E-state index in [0.29, 0.717) is 0 Å². The van der Waals surface area contributed by atoms with E-state index in [2.05, 4.69) is 499 Å². The van der Waals surface area contributed by atoms with E-state index in [1.54, 1.807) is 0 Å². The molecule has 8 heteroatoms. The molecule has 128 heavy (non-hydrogen) atoms. The molecule has 0 atom stereocenters. The van der Waals surface area contributed by atoms with Gasteiger partial charge in [0.15, 0.2) is 0 Å². The number of hydrogen-bond acceptors (Lipinski definition) is 4. The van der Waals surface area contributed by atoms with Crippen molar-refractivity contribution >= 4 is 177 Å². The zero-order chi connectivity index (χ0) is 84.0. The van der Waals surface area contributed by atoms with Crippen LogP contribution in [0.3, 0.4) is 0 Å². The topological polar surface area (TPSA) is 32.7 Å². The van der Waals surface area contributed by atoms with Crippen LogP contribution in [0.5, 0.6) is 0 Å². The zero-order valence-electron chi connectivity index (χ0n) is 69.9. The molecule has 0 fully saturated rings. The monoisotopic (exact) mass is 1630 g/mol. The van der Waals surface area contributed by atoms with Gasteiger partial charge in [0.05, 0.1) is 78.3 Å². The van der Waals surface area contributed by atoms with Gasteiger partial charge in [-0.1, -0.05) is 261 Å². The highest BCUT2D eigenvalue weighted by atomic mass is 15.2. The summed E-state index contributed by atoms with van der Waals surface area (Å²) in [7, 11) is 0. The molecule has 6 heterocycles. The number of fused-ring (bicyclic) bond motifs is 17. The molecular formula is C120H80N8. The molecule has 20 aromatic carbocycles. The Morgan fingerprint density at radius 3 is 1.04 bits per heavy atom. The second-order valence-corrected chi connectivity index (χ2v) is 33.7. The molecule has 27 rings (SSSR count). The van der Waals surface area contributed by atoms with Gasteiger partial charge in [-0.2, -0.15) is 0 Å². The standard InChI is InChI=1S/C62H40N4.C58H40N4/c1-3-18-43(19-4-1)64-56-27-13-10-23-49(56)53-39-46(32-35-59(53)64)63(47-33-36-60-54(40-47)50-24-11-14-28-57(50)66(60)45-31-30-41-16-7-8-17-42(41)38-45)58-37-34-51-48-22-9-12-26-55(48)65(44-20-5-2-6-21-44)61-29-15-25-52(58)62(51)61;1-4-17-39(18-5-1)60-52-28-14-11-24-45(52)49-37-42(31-34-55(49)60)59(43-32-35-56-50(38-43)46-25-12-15-29-53(46)61(56)40-19-6-2-7-20-40)54-36-33-47-44-23-10-13-27-51(44)62(41-21-8-3-9-22-41)57-30-16-26-48(54)58(47)57/h1-40H;1-15,17-25,27-38H,16,26H2. The predicted octanol–water partition coefficient (Wildman–Crippen LogP) is 32.6. The molecule has 0 amide bonds. The molecule has 8 nitrogen and oxygen atoms in total. The van der Waals surface area contributed by atoms with Crippen molar-refractivity contribution in [3.05, 3.63) is 472 Å². The molecule has 4 aromatic heterocycles. The zero-order valence-corrected chi connectivity index (χ0v) is 69.9.